The molecule has 2 aliphatic rings. The zero-order chi connectivity index (χ0) is 10.9. The molecule has 0 saturated heterocycles. The maximum absolute atomic E-state index is 9.55. The van der Waals surface area contributed by atoms with Crippen molar-refractivity contribution < 1.29 is 5.11 Å². The van der Waals surface area contributed by atoms with E-state index in [1.54, 1.807) is 0 Å². The number of rotatable bonds is 7. The zero-order valence-electron chi connectivity index (χ0n) is 10.1. The van der Waals surface area contributed by atoms with Gasteiger partial charge >= 0.3 is 0 Å². The topological polar surface area (TPSA) is 32.3 Å². The Labute approximate surface area is 93.5 Å². The number of aliphatic hydroxyl groups is 1. The highest BCUT2D eigenvalue weighted by Crippen LogP contribution is 2.42. The summed E-state index contributed by atoms with van der Waals surface area (Å²) in [5, 5.41) is 13.3. The Bertz CT molecular complexity index is 211. The fourth-order valence-electron chi connectivity index (χ4n) is 2.67. The lowest BCUT2D eigenvalue weighted by Gasteiger charge is -2.34. The summed E-state index contributed by atoms with van der Waals surface area (Å²) in [6.07, 6.45) is 7.90. The Morgan fingerprint density at radius 3 is 2.40 bits per heavy atom. The predicted molar refractivity (Wildman–Crippen MR) is 62.8 cm³/mol. The second-order valence-electron chi connectivity index (χ2n) is 5.73. The molecule has 2 unspecified atom stereocenters. The summed E-state index contributed by atoms with van der Waals surface area (Å²) in [6, 6.07) is 0.660. The molecule has 0 amide bonds. The van der Waals surface area contributed by atoms with Crippen LogP contribution in [0.4, 0.5) is 0 Å². The number of aliphatic hydroxyl groups excluding tert-OH is 1. The van der Waals surface area contributed by atoms with Crippen molar-refractivity contribution >= 4 is 0 Å². The largest absolute Gasteiger partial charge is 0.394 e. The maximum atomic E-state index is 9.55. The molecule has 0 spiro atoms. The van der Waals surface area contributed by atoms with Gasteiger partial charge in [-0.3, -0.25) is 0 Å². The van der Waals surface area contributed by atoms with Crippen LogP contribution in [0.15, 0.2) is 0 Å². The van der Waals surface area contributed by atoms with Crippen LogP contribution in [-0.2, 0) is 0 Å². The average molecular weight is 211 g/mol. The minimum Gasteiger partial charge on any atom is -0.394 e. The molecule has 0 radical (unpaired) electrons. The second-order valence-corrected chi connectivity index (χ2v) is 5.73. The molecule has 2 atom stereocenters. The van der Waals surface area contributed by atoms with Crippen LogP contribution >= 0.6 is 0 Å². The number of hydrogen-bond donors (Lipinski definition) is 2. The van der Waals surface area contributed by atoms with Crippen molar-refractivity contribution in [3.63, 3.8) is 0 Å². The summed E-state index contributed by atoms with van der Waals surface area (Å²) in [6.45, 7) is 4.75. The van der Waals surface area contributed by atoms with Gasteiger partial charge in [-0.05, 0) is 50.9 Å². The molecule has 2 rings (SSSR count). The molecule has 0 aromatic rings. The van der Waals surface area contributed by atoms with E-state index in [-0.39, 0.29) is 5.54 Å². The van der Waals surface area contributed by atoms with Gasteiger partial charge in [-0.1, -0.05) is 13.3 Å². The van der Waals surface area contributed by atoms with Crippen LogP contribution in [-0.4, -0.2) is 23.3 Å². The molecule has 0 aromatic carbocycles. The van der Waals surface area contributed by atoms with Crippen LogP contribution in [0.5, 0.6) is 0 Å². The molecule has 2 N–H and O–H groups in total. The summed E-state index contributed by atoms with van der Waals surface area (Å²) in [5.74, 6) is 1.62. The van der Waals surface area contributed by atoms with Gasteiger partial charge in [-0.25, -0.2) is 0 Å². The number of nitrogens with one attached hydrogen (secondary N) is 1. The molecule has 2 fully saturated rings. The smallest absolute Gasteiger partial charge is 0.0613 e. The Hall–Kier alpha value is -0.0800. The van der Waals surface area contributed by atoms with E-state index in [0.717, 1.165) is 11.8 Å². The molecular weight excluding hydrogens is 186 g/mol. The van der Waals surface area contributed by atoms with Crippen LogP contribution in [0, 0.1) is 11.8 Å². The first-order valence-electron chi connectivity index (χ1n) is 6.58. The SMILES string of the molecule is CCCC(NC(C)(CO)C1CC1)C1CC1. The standard InChI is InChI=1S/C13H25NO/c1-3-4-12(10-5-6-10)14-13(2,9-15)11-7-8-11/h10-12,14-15H,3-9H2,1-2H3. The van der Waals surface area contributed by atoms with Gasteiger partial charge in [-0.15, -0.1) is 0 Å². The van der Waals surface area contributed by atoms with E-state index < -0.39 is 0 Å². The van der Waals surface area contributed by atoms with Gasteiger partial charge < -0.3 is 10.4 Å². The van der Waals surface area contributed by atoms with Crippen LogP contribution in [0.25, 0.3) is 0 Å². The van der Waals surface area contributed by atoms with E-state index in [0.29, 0.717) is 12.6 Å². The van der Waals surface area contributed by atoms with Crippen molar-refractivity contribution in [1.82, 2.24) is 5.32 Å². The summed E-state index contributed by atoms with van der Waals surface area (Å²) < 4.78 is 0. The van der Waals surface area contributed by atoms with E-state index >= 15 is 0 Å². The quantitative estimate of drug-likeness (QED) is 0.677. The van der Waals surface area contributed by atoms with E-state index in [9.17, 15) is 5.11 Å². The first-order valence-corrected chi connectivity index (χ1v) is 6.58. The zero-order valence-corrected chi connectivity index (χ0v) is 10.1. The first-order chi connectivity index (χ1) is 7.19. The van der Waals surface area contributed by atoms with Gasteiger partial charge in [-0.2, -0.15) is 0 Å². The third-order valence-corrected chi connectivity index (χ3v) is 4.11. The Morgan fingerprint density at radius 2 is 2.00 bits per heavy atom. The maximum Gasteiger partial charge on any atom is 0.0613 e. The fourth-order valence-corrected chi connectivity index (χ4v) is 2.67. The molecule has 2 nitrogen and oxygen atoms in total. The first kappa shape index (κ1) is 11.4. The van der Waals surface area contributed by atoms with Crippen molar-refractivity contribution in [3.05, 3.63) is 0 Å². The molecule has 0 aromatic heterocycles. The fraction of sp³-hybridized carbons (Fsp3) is 1.00. The highest BCUT2D eigenvalue weighted by molar-refractivity contribution is 5.01. The lowest BCUT2D eigenvalue weighted by Crippen LogP contribution is -2.53. The van der Waals surface area contributed by atoms with Crippen LogP contribution in [0.2, 0.25) is 0 Å². The van der Waals surface area contributed by atoms with E-state index in [1.807, 2.05) is 0 Å². The minimum absolute atomic E-state index is 0.00241. The highest BCUT2D eigenvalue weighted by atomic mass is 16.3. The van der Waals surface area contributed by atoms with Gasteiger partial charge in [0.25, 0.3) is 0 Å². The van der Waals surface area contributed by atoms with Crippen molar-refractivity contribution in [2.24, 2.45) is 11.8 Å². The van der Waals surface area contributed by atoms with E-state index in [4.69, 9.17) is 0 Å². The predicted octanol–water partition coefficient (Wildman–Crippen LogP) is 2.32. The second kappa shape index (κ2) is 4.42. The summed E-state index contributed by atoms with van der Waals surface area (Å²) in [7, 11) is 0. The summed E-state index contributed by atoms with van der Waals surface area (Å²) >= 11 is 0. The molecule has 0 heterocycles. The van der Waals surface area contributed by atoms with E-state index in [1.165, 1.54) is 38.5 Å². The van der Waals surface area contributed by atoms with Gasteiger partial charge in [0, 0.05) is 11.6 Å². The molecule has 0 bridgehead atoms. The highest BCUT2D eigenvalue weighted by Gasteiger charge is 2.44. The van der Waals surface area contributed by atoms with Crippen LogP contribution < -0.4 is 5.32 Å². The van der Waals surface area contributed by atoms with E-state index in [2.05, 4.69) is 19.2 Å². The van der Waals surface area contributed by atoms with Crippen molar-refractivity contribution in [2.45, 2.75) is 64.0 Å². The van der Waals surface area contributed by atoms with Gasteiger partial charge in [0.2, 0.25) is 0 Å². The van der Waals surface area contributed by atoms with Crippen LogP contribution in [0.3, 0.4) is 0 Å². The number of hydrogen-bond acceptors (Lipinski definition) is 2. The molecule has 0 aliphatic heterocycles. The molecule has 88 valence electrons. The third kappa shape index (κ3) is 2.73. The molecule has 2 heteroatoms. The van der Waals surface area contributed by atoms with Gasteiger partial charge in [0.1, 0.15) is 0 Å². The summed E-state index contributed by atoms with van der Waals surface area (Å²) in [5.41, 5.74) is 0.00241. The summed E-state index contributed by atoms with van der Waals surface area (Å²) in [4.78, 5) is 0. The minimum atomic E-state index is 0.00241. The lowest BCUT2D eigenvalue weighted by molar-refractivity contribution is 0.134. The third-order valence-electron chi connectivity index (χ3n) is 4.11. The Kier molecular flexibility index (Phi) is 3.36. The van der Waals surface area contributed by atoms with Crippen molar-refractivity contribution in [3.8, 4) is 0 Å². The normalized spacial score (nSPS) is 27.4. The Morgan fingerprint density at radius 1 is 1.33 bits per heavy atom. The molecule has 2 saturated carbocycles. The van der Waals surface area contributed by atoms with Crippen molar-refractivity contribution in [2.75, 3.05) is 6.61 Å². The monoisotopic (exact) mass is 211 g/mol. The molecular formula is C13H25NO. The van der Waals surface area contributed by atoms with Gasteiger partial charge in [0.05, 0.1) is 6.61 Å². The van der Waals surface area contributed by atoms with Crippen LogP contribution in [0.1, 0.15) is 52.4 Å². The Balaban J connectivity index is 1.90. The molecule has 15 heavy (non-hydrogen) atoms. The average Bonchev–Trinajstić information content (AvgIpc) is 3.07. The lowest BCUT2D eigenvalue weighted by atomic mass is 9.93. The molecule has 2 aliphatic carbocycles. The van der Waals surface area contributed by atoms with Crippen molar-refractivity contribution in [1.29, 1.82) is 0 Å². The van der Waals surface area contributed by atoms with Gasteiger partial charge in [0.15, 0.2) is 0 Å².